The number of benzene rings is 1. The van der Waals surface area contributed by atoms with E-state index in [0.717, 1.165) is 11.5 Å². The van der Waals surface area contributed by atoms with Crippen molar-refractivity contribution < 1.29 is 0 Å². The molecule has 0 amide bonds. The molecule has 1 rings (SSSR count). The summed E-state index contributed by atoms with van der Waals surface area (Å²) in [5.74, 6) is 3.34. The third-order valence-electron chi connectivity index (χ3n) is 1.52. The molecule has 0 aliphatic carbocycles. The third kappa shape index (κ3) is 4.83. The van der Waals surface area contributed by atoms with Crippen LogP contribution in [0.3, 0.4) is 0 Å². The highest BCUT2D eigenvalue weighted by Gasteiger charge is 1.95. The highest BCUT2D eigenvalue weighted by Crippen LogP contribution is 2.23. The predicted octanol–water partition coefficient (Wildman–Crippen LogP) is 4.35. The van der Waals surface area contributed by atoms with E-state index in [1.807, 2.05) is 0 Å². The molecule has 0 unspecified atom stereocenters. The lowest BCUT2D eigenvalue weighted by molar-refractivity contribution is 1.34. The molecule has 0 bridgehead atoms. The first-order chi connectivity index (χ1) is 6.86. The molecular weight excluding hydrogens is 255 g/mol. The Morgan fingerprint density at radius 2 is 1.14 bits per heavy atom. The summed E-state index contributed by atoms with van der Waals surface area (Å²) in [6.07, 6.45) is 0. The Balaban J connectivity index is 2.42. The zero-order chi connectivity index (χ0) is 10.2. The van der Waals surface area contributed by atoms with Gasteiger partial charge in [0.25, 0.3) is 0 Å². The van der Waals surface area contributed by atoms with Gasteiger partial charge in [-0.2, -0.15) is 0 Å². The normalized spacial score (nSPS) is 10.4. The van der Waals surface area contributed by atoms with Crippen molar-refractivity contribution in [1.29, 1.82) is 0 Å². The lowest BCUT2D eigenvalue weighted by Gasteiger charge is -2.01. The molecule has 0 saturated carbocycles. The Kier molecular flexibility index (Phi) is 6.96. The van der Waals surface area contributed by atoms with Crippen molar-refractivity contribution in [2.24, 2.45) is 0 Å². The van der Waals surface area contributed by atoms with Crippen LogP contribution in [-0.2, 0) is 0 Å². The molecule has 1 aromatic carbocycles. The van der Waals surface area contributed by atoms with Crippen molar-refractivity contribution >= 4 is 46.7 Å². The van der Waals surface area contributed by atoms with E-state index in [-0.39, 0.29) is 0 Å². The minimum absolute atomic E-state index is 0.702. The summed E-state index contributed by atoms with van der Waals surface area (Å²) in [5.41, 5.74) is 0. The van der Waals surface area contributed by atoms with Gasteiger partial charge in [-0.1, -0.05) is 0 Å². The molecule has 78 valence electrons. The Labute approximate surface area is 104 Å². The Morgan fingerprint density at radius 1 is 0.786 bits per heavy atom. The molecule has 0 aliphatic heterocycles. The molecular formula is C10H12Cl2S2. The topological polar surface area (TPSA) is 0 Å². The molecule has 0 aliphatic rings. The second kappa shape index (κ2) is 7.75. The summed E-state index contributed by atoms with van der Waals surface area (Å²) < 4.78 is 0. The maximum Gasteiger partial charge on any atom is 0.0317 e. The number of alkyl halides is 2. The SMILES string of the molecule is ClCCSc1ccc(SCCCl)cc1. The van der Waals surface area contributed by atoms with Crippen LogP contribution >= 0.6 is 46.7 Å². The Morgan fingerprint density at radius 3 is 1.43 bits per heavy atom. The summed E-state index contributed by atoms with van der Waals surface area (Å²) >= 11 is 14.8. The molecule has 4 heteroatoms. The van der Waals surface area contributed by atoms with E-state index < -0.39 is 0 Å². The van der Waals surface area contributed by atoms with E-state index in [4.69, 9.17) is 23.2 Å². The van der Waals surface area contributed by atoms with Crippen molar-refractivity contribution in [2.75, 3.05) is 23.3 Å². The number of thioether (sulfide) groups is 2. The lowest BCUT2D eigenvalue weighted by atomic mass is 10.4. The van der Waals surface area contributed by atoms with Crippen LogP contribution in [0.15, 0.2) is 34.1 Å². The van der Waals surface area contributed by atoms with Crippen LogP contribution in [0.5, 0.6) is 0 Å². The average molecular weight is 267 g/mol. The molecule has 0 aromatic heterocycles. The highest BCUT2D eigenvalue weighted by atomic mass is 35.5. The smallest absolute Gasteiger partial charge is 0.0317 e. The van der Waals surface area contributed by atoms with Crippen molar-refractivity contribution in [3.8, 4) is 0 Å². The molecule has 0 heterocycles. The standard InChI is InChI=1S/C10H12Cl2S2/c11-5-7-13-9-1-2-10(4-3-9)14-8-6-12/h1-4H,5-8H2. The first-order valence-corrected chi connectivity index (χ1v) is 7.38. The Hall–Kier alpha value is 0.500. The monoisotopic (exact) mass is 266 g/mol. The fraction of sp³-hybridized carbons (Fsp3) is 0.400. The largest absolute Gasteiger partial charge is 0.126 e. The van der Waals surface area contributed by atoms with Crippen LogP contribution < -0.4 is 0 Å². The second-order valence-corrected chi connectivity index (χ2v) is 5.64. The van der Waals surface area contributed by atoms with Gasteiger partial charge in [0, 0.05) is 33.1 Å². The summed E-state index contributed by atoms with van der Waals surface area (Å²) in [7, 11) is 0. The van der Waals surface area contributed by atoms with Crippen molar-refractivity contribution in [3.63, 3.8) is 0 Å². The Bertz CT molecular complexity index is 222. The molecule has 0 nitrogen and oxygen atoms in total. The van der Waals surface area contributed by atoms with Gasteiger partial charge in [0.2, 0.25) is 0 Å². The minimum atomic E-state index is 0.702. The van der Waals surface area contributed by atoms with Gasteiger partial charge in [0.1, 0.15) is 0 Å². The first kappa shape index (κ1) is 12.6. The summed E-state index contributed by atoms with van der Waals surface area (Å²) in [5, 5.41) is 0. The fourth-order valence-electron chi connectivity index (χ4n) is 0.945. The van der Waals surface area contributed by atoms with Gasteiger partial charge in [0.05, 0.1) is 0 Å². The van der Waals surface area contributed by atoms with E-state index in [1.165, 1.54) is 9.79 Å². The second-order valence-electron chi connectivity index (χ2n) is 2.55. The van der Waals surface area contributed by atoms with Gasteiger partial charge in [-0.15, -0.1) is 46.7 Å². The fourth-order valence-corrected chi connectivity index (χ4v) is 2.69. The zero-order valence-electron chi connectivity index (χ0n) is 7.71. The van der Waals surface area contributed by atoms with Crippen molar-refractivity contribution in [3.05, 3.63) is 24.3 Å². The van der Waals surface area contributed by atoms with Gasteiger partial charge in [-0.3, -0.25) is 0 Å². The summed E-state index contributed by atoms with van der Waals surface area (Å²) in [6, 6.07) is 8.53. The summed E-state index contributed by atoms with van der Waals surface area (Å²) in [6.45, 7) is 0. The minimum Gasteiger partial charge on any atom is -0.126 e. The predicted molar refractivity (Wildman–Crippen MR) is 69.3 cm³/mol. The van der Waals surface area contributed by atoms with Crippen LogP contribution in [-0.4, -0.2) is 23.3 Å². The van der Waals surface area contributed by atoms with E-state index in [1.54, 1.807) is 23.5 Å². The molecule has 14 heavy (non-hydrogen) atoms. The molecule has 0 radical (unpaired) electrons. The van der Waals surface area contributed by atoms with Gasteiger partial charge < -0.3 is 0 Å². The molecule has 0 N–H and O–H groups in total. The quantitative estimate of drug-likeness (QED) is 0.555. The maximum atomic E-state index is 5.61. The van der Waals surface area contributed by atoms with Gasteiger partial charge in [0.15, 0.2) is 0 Å². The average Bonchev–Trinajstić information content (AvgIpc) is 2.25. The highest BCUT2D eigenvalue weighted by molar-refractivity contribution is 7.99. The van der Waals surface area contributed by atoms with Crippen LogP contribution in [0, 0.1) is 0 Å². The van der Waals surface area contributed by atoms with Crippen molar-refractivity contribution in [2.45, 2.75) is 9.79 Å². The lowest BCUT2D eigenvalue weighted by Crippen LogP contribution is -1.81. The van der Waals surface area contributed by atoms with Crippen LogP contribution in [0.1, 0.15) is 0 Å². The number of rotatable bonds is 6. The van der Waals surface area contributed by atoms with Crippen molar-refractivity contribution in [1.82, 2.24) is 0 Å². The maximum absolute atomic E-state index is 5.61. The van der Waals surface area contributed by atoms with Crippen LogP contribution in [0.4, 0.5) is 0 Å². The molecule has 1 aromatic rings. The third-order valence-corrected chi connectivity index (χ3v) is 4.37. The number of hydrogen-bond acceptors (Lipinski definition) is 2. The van der Waals surface area contributed by atoms with Crippen LogP contribution in [0.2, 0.25) is 0 Å². The summed E-state index contributed by atoms with van der Waals surface area (Å²) in [4.78, 5) is 2.56. The van der Waals surface area contributed by atoms with Gasteiger partial charge >= 0.3 is 0 Å². The molecule has 0 fully saturated rings. The van der Waals surface area contributed by atoms with E-state index in [2.05, 4.69) is 24.3 Å². The zero-order valence-corrected chi connectivity index (χ0v) is 10.9. The molecule has 0 spiro atoms. The number of halogens is 2. The van der Waals surface area contributed by atoms with Gasteiger partial charge in [-0.25, -0.2) is 0 Å². The van der Waals surface area contributed by atoms with E-state index >= 15 is 0 Å². The van der Waals surface area contributed by atoms with Gasteiger partial charge in [-0.05, 0) is 24.3 Å². The molecule has 0 atom stereocenters. The number of hydrogen-bond donors (Lipinski definition) is 0. The molecule has 0 saturated heterocycles. The van der Waals surface area contributed by atoms with E-state index in [0.29, 0.717) is 11.8 Å². The van der Waals surface area contributed by atoms with E-state index in [9.17, 15) is 0 Å². The van der Waals surface area contributed by atoms with Crippen LogP contribution in [0.25, 0.3) is 0 Å². The first-order valence-electron chi connectivity index (χ1n) is 4.34.